The van der Waals surface area contributed by atoms with Gasteiger partial charge in [-0.05, 0) is 53.6 Å². The van der Waals surface area contributed by atoms with E-state index in [1.54, 1.807) is 19.2 Å². The van der Waals surface area contributed by atoms with E-state index in [0.29, 0.717) is 5.69 Å². The summed E-state index contributed by atoms with van der Waals surface area (Å²) >= 11 is 0. The molecular formula is C20H28N2O3S. The van der Waals surface area contributed by atoms with Gasteiger partial charge in [-0.3, -0.25) is 4.72 Å². The fraction of sp³-hybridized carbons (Fsp3) is 0.400. The van der Waals surface area contributed by atoms with Crippen molar-refractivity contribution < 1.29 is 13.2 Å². The molecule has 0 aromatic heterocycles. The van der Waals surface area contributed by atoms with Gasteiger partial charge in [0.15, 0.2) is 0 Å². The van der Waals surface area contributed by atoms with Crippen LogP contribution in [-0.2, 0) is 28.3 Å². The predicted molar refractivity (Wildman–Crippen MR) is 108 cm³/mol. The summed E-state index contributed by atoms with van der Waals surface area (Å²) in [6.45, 7) is 6.42. The Bertz CT molecular complexity index is 867. The number of nitrogen functional groups attached to an aromatic ring is 1. The number of rotatable bonds is 6. The van der Waals surface area contributed by atoms with Crippen LogP contribution in [0.4, 0.5) is 11.4 Å². The maximum absolute atomic E-state index is 11.3. The van der Waals surface area contributed by atoms with Crippen molar-refractivity contribution in [1.29, 1.82) is 0 Å². The van der Waals surface area contributed by atoms with Gasteiger partial charge in [-0.25, -0.2) is 8.42 Å². The van der Waals surface area contributed by atoms with Gasteiger partial charge < -0.3 is 10.5 Å². The Labute approximate surface area is 156 Å². The molecule has 2 aromatic carbocycles. The van der Waals surface area contributed by atoms with Crippen LogP contribution < -0.4 is 15.2 Å². The molecule has 142 valence electrons. The first kappa shape index (κ1) is 20.1. The predicted octanol–water partition coefficient (Wildman–Crippen LogP) is 3.73. The maximum atomic E-state index is 11.3. The number of methoxy groups -OCH3 is 1. The molecule has 0 saturated heterocycles. The summed E-state index contributed by atoms with van der Waals surface area (Å²) in [6, 6.07) is 11.3. The summed E-state index contributed by atoms with van der Waals surface area (Å²) in [5.41, 5.74) is 10.6. The average Bonchev–Trinajstić information content (AvgIpc) is 2.51. The van der Waals surface area contributed by atoms with Crippen molar-refractivity contribution in [2.45, 2.75) is 39.0 Å². The van der Waals surface area contributed by atoms with Gasteiger partial charge in [0, 0.05) is 16.9 Å². The number of aryl methyl sites for hydroxylation is 2. The van der Waals surface area contributed by atoms with Gasteiger partial charge in [0.2, 0.25) is 10.0 Å². The van der Waals surface area contributed by atoms with Crippen LogP contribution in [0.1, 0.15) is 37.5 Å². The SMILES string of the molecule is COc1c(CCc2ccc(NS(C)(=O)=O)cc2)cc(N)cc1C(C)(C)C. The number of sulfonamides is 1. The summed E-state index contributed by atoms with van der Waals surface area (Å²) in [5.74, 6) is 0.891. The van der Waals surface area contributed by atoms with E-state index >= 15 is 0 Å². The number of nitrogens with one attached hydrogen (secondary N) is 1. The number of ether oxygens (including phenoxy) is 1. The number of hydrogen-bond donors (Lipinski definition) is 2. The summed E-state index contributed by atoms with van der Waals surface area (Å²) in [7, 11) is -1.57. The molecule has 0 atom stereocenters. The Hall–Kier alpha value is -2.21. The number of benzene rings is 2. The highest BCUT2D eigenvalue weighted by atomic mass is 32.2. The van der Waals surface area contributed by atoms with Crippen LogP contribution in [0.15, 0.2) is 36.4 Å². The summed E-state index contributed by atoms with van der Waals surface area (Å²) < 4.78 is 30.7. The molecule has 0 amide bonds. The summed E-state index contributed by atoms with van der Waals surface area (Å²) in [4.78, 5) is 0. The van der Waals surface area contributed by atoms with Crippen molar-refractivity contribution in [2.75, 3.05) is 23.8 Å². The quantitative estimate of drug-likeness (QED) is 0.753. The Morgan fingerprint density at radius 3 is 2.19 bits per heavy atom. The lowest BCUT2D eigenvalue weighted by atomic mass is 9.84. The Kier molecular flexibility index (Phi) is 5.86. The van der Waals surface area contributed by atoms with Crippen LogP contribution in [0, 0.1) is 0 Å². The van der Waals surface area contributed by atoms with Crippen molar-refractivity contribution >= 4 is 21.4 Å². The van der Waals surface area contributed by atoms with Crippen molar-refractivity contribution in [2.24, 2.45) is 0 Å². The second kappa shape index (κ2) is 7.58. The van der Waals surface area contributed by atoms with Gasteiger partial charge in [0.25, 0.3) is 0 Å². The van der Waals surface area contributed by atoms with E-state index < -0.39 is 10.0 Å². The molecule has 0 saturated carbocycles. The fourth-order valence-electron chi connectivity index (χ4n) is 2.93. The number of hydrogen-bond acceptors (Lipinski definition) is 4. The van der Waals surface area contributed by atoms with E-state index in [-0.39, 0.29) is 5.41 Å². The molecule has 0 aliphatic rings. The van der Waals surface area contributed by atoms with Crippen LogP contribution in [0.3, 0.4) is 0 Å². The topological polar surface area (TPSA) is 81.4 Å². The van der Waals surface area contributed by atoms with Crippen LogP contribution >= 0.6 is 0 Å². The molecule has 26 heavy (non-hydrogen) atoms. The molecule has 0 radical (unpaired) electrons. The van der Waals surface area contributed by atoms with Crippen LogP contribution in [-0.4, -0.2) is 21.8 Å². The molecule has 5 nitrogen and oxygen atoms in total. The van der Waals surface area contributed by atoms with Gasteiger partial charge in [-0.15, -0.1) is 0 Å². The highest BCUT2D eigenvalue weighted by Gasteiger charge is 2.22. The zero-order valence-electron chi connectivity index (χ0n) is 16.1. The monoisotopic (exact) mass is 376 g/mol. The second-order valence-corrected chi connectivity index (χ2v) is 9.33. The molecular weight excluding hydrogens is 348 g/mol. The number of anilines is 2. The van der Waals surface area contributed by atoms with Gasteiger partial charge >= 0.3 is 0 Å². The molecule has 3 N–H and O–H groups in total. The molecule has 6 heteroatoms. The molecule has 0 aliphatic heterocycles. The zero-order chi connectivity index (χ0) is 19.5. The van der Waals surface area contributed by atoms with Gasteiger partial charge in [-0.1, -0.05) is 32.9 Å². The van der Waals surface area contributed by atoms with E-state index in [4.69, 9.17) is 10.5 Å². The Morgan fingerprint density at radius 1 is 1.08 bits per heavy atom. The first-order valence-corrected chi connectivity index (χ1v) is 10.4. The van der Waals surface area contributed by atoms with Crippen LogP contribution in [0.5, 0.6) is 5.75 Å². The first-order chi connectivity index (χ1) is 12.0. The van der Waals surface area contributed by atoms with Crippen molar-refractivity contribution in [3.05, 3.63) is 53.1 Å². The molecule has 0 bridgehead atoms. The lowest BCUT2D eigenvalue weighted by Crippen LogP contribution is -2.15. The Morgan fingerprint density at radius 2 is 1.69 bits per heavy atom. The second-order valence-electron chi connectivity index (χ2n) is 7.58. The lowest BCUT2D eigenvalue weighted by Gasteiger charge is -2.24. The van der Waals surface area contributed by atoms with E-state index in [1.165, 1.54) is 0 Å². The molecule has 2 rings (SSSR count). The minimum Gasteiger partial charge on any atom is -0.496 e. The fourth-order valence-corrected chi connectivity index (χ4v) is 3.49. The number of nitrogens with two attached hydrogens (primary N) is 1. The smallest absolute Gasteiger partial charge is 0.229 e. The minimum absolute atomic E-state index is 0.0611. The molecule has 0 fully saturated rings. The van der Waals surface area contributed by atoms with Gasteiger partial charge in [-0.2, -0.15) is 0 Å². The molecule has 0 unspecified atom stereocenters. The van der Waals surface area contributed by atoms with E-state index in [0.717, 1.165) is 47.2 Å². The van der Waals surface area contributed by atoms with Crippen molar-refractivity contribution in [1.82, 2.24) is 0 Å². The highest BCUT2D eigenvalue weighted by molar-refractivity contribution is 7.92. The van der Waals surface area contributed by atoms with E-state index in [1.807, 2.05) is 24.3 Å². The average molecular weight is 377 g/mol. The lowest BCUT2D eigenvalue weighted by molar-refractivity contribution is 0.392. The maximum Gasteiger partial charge on any atom is 0.229 e. The largest absolute Gasteiger partial charge is 0.496 e. The standard InChI is InChI=1S/C20H28N2O3S/c1-20(2,3)18-13-16(21)12-15(19(18)25-4)9-6-14-7-10-17(11-8-14)22-26(5,23)24/h7-8,10-13,22H,6,9,21H2,1-5H3. The van der Waals surface area contributed by atoms with Crippen molar-refractivity contribution in [3.8, 4) is 5.75 Å². The first-order valence-electron chi connectivity index (χ1n) is 8.53. The minimum atomic E-state index is -3.26. The van der Waals surface area contributed by atoms with Gasteiger partial charge in [0.05, 0.1) is 13.4 Å². The molecule has 0 heterocycles. The van der Waals surface area contributed by atoms with E-state index in [9.17, 15) is 8.42 Å². The molecule has 2 aromatic rings. The normalized spacial score (nSPS) is 12.0. The van der Waals surface area contributed by atoms with Crippen LogP contribution in [0.2, 0.25) is 0 Å². The van der Waals surface area contributed by atoms with Crippen LogP contribution in [0.25, 0.3) is 0 Å². The van der Waals surface area contributed by atoms with E-state index in [2.05, 4.69) is 25.5 Å². The van der Waals surface area contributed by atoms with Crippen molar-refractivity contribution in [3.63, 3.8) is 0 Å². The summed E-state index contributed by atoms with van der Waals surface area (Å²) in [5, 5.41) is 0. The highest BCUT2D eigenvalue weighted by Crippen LogP contribution is 2.36. The third kappa shape index (κ3) is 5.39. The Balaban J connectivity index is 2.20. The molecule has 0 aliphatic carbocycles. The van der Waals surface area contributed by atoms with Gasteiger partial charge in [0.1, 0.15) is 5.75 Å². The third-order valence-corrected chi connectivity index (χ3v) is 4.75. The molecule has 0 spiro atoms. The zero-order valence-corrected chi connectivity index (χ0v) is 16.9. The third-order valence-electron chi connectivity index (χ3n) is 4.14. The summed E-state index contributed by atoms with van der Waals surface area (Å²) in [6.07, 6.45) is 2.73.